The van der Waals surface area contributed by atoms with Gasteiger partial charge in [-0.1, -0.05) is 48.5 Å². The molecule has 4 heterocycles. The zero-order chi connectivity index (χ0) is 24.6. The first kappa shape index (κ1) is 21.1. The van der Waals surface area contributed by atoms with Crippen LogP contribution >= 0.6 is 0 Å². The molecule has 4 unspecified atom stereocenters. The van der Waals surface area contributed by atoms with Crippen LogP contribution in [-0.2, 0) is 26.3 Å². The molecule has 4 atom stereocenters. The molecule has 0 radical (unpaired) electrons. The van der Waals surface area contributed by atoms with E-state index in [2.05, 4.69) is 15.6 Å². The minimum absolute atomic E-state index is 0.262. The summed E-state index contributed by atoms with van der Waals surface area (Å²) in [7, 11) is 0. The fraction of sp³-hybridized carbons (Fsp3) is 0.207. The van der Waals surface area contributed by atoms with Crippen LogP contribution in [0.4, 0.5) is 11.4 Å². The van der Waals surface area contributed by atoms with Crippen molar-refractivity contribution in [3.8, 4) is 0 Å². The highest BCUT2D eigenvalue weighted by molar-refractivity contribution is 6.25. The fourth-order valence-electron chi connectivity index (χ4n) is 6.49. The van der Waals surface area contributed by atoms with Crippen molar-refractivity contribution in [2.24, 2.45) is 11.8 Å². The second kappa shape index (κ2) is 7.38. The Bertz CT molecular complexity index is 1590. The third-order valence-corrected chi connectivity index (χ3v) is 8.00. The number of carbonyl (C=O) groups is 3. The summed E-state index contributed by atoms with van der Waals surface area (Å²) in [5.41, 5.74) is 3.65. The third kappa shape index (κ3) is 2.69. The van der Waals surface area contributed by atoms with E-state index < -0.39 is 23.4 Å². The van der Waals surface area contributed by atoms with Crippen LogP contribution in [0.1, 0.15) is 16.7 Å². The van der Waals surface area contributed by atoms with Crippen LogP contribution in [0, 0.1) is 18.8 Å². The lowest BCUT2D eigenvalue weighted by atomic mass is 9.76. The highest BCUT2D eigenvalue weighted by Gasteiger charge is 2.70. The molecule has 1 spiro atoms. The molecule has 3 aromatic carbocycles. The van der Waals surface area contributed by atoms with Gasteiger partial charge in [-0.3, -0.25) is 19.7 Å². The number of benzene rings is 3. The summed E-state index contributed by atoms with van der Waals surface area (Å²) < 4.78 is 0. The van der Waals surface area contributed by atoms with Gasteiger partial charge in [-0.15, -0.1) is 0 Å². The van der Waals surface area contributed by atoms with E-state index in [4.69, 9.17) is 0 Å². The van der Waals surface area contributed by atoms with Gasteiger partial charge in [0.15, 0.2) is 0 Å². The molecule has 2 saturated heterocycles. The molecule has 3 aliphatic heterocycles. The van der Waals surface area contributed by atoms with Crippen molar-refractivity contribution in [1.82, 2.24) is 10.3 Å². The number of aryl methyl sites for hydroxylation is 1. The van der Waals surface area contributed by atoms with Gasteiger partial charge in [-0.2, -0.15) is 0 Å². The van der Waals surface area contributed by atoms with Gasteiger partial charge in [-0.25, -0.2) is 4.90 Å². The molecule has 7 rings (SSSR count). The summed E-state index contributed by atoms with van der Waals surface area (Å²) >= 11 is 0. The molecule has 0 bridgehead atoms. The SMILES string of the molecule is Cc1cccc(N2C(=O)C3C(Cc4c[nH]c5ccccc45)NC4(C(=O)Nc5ccccc54)C3C2=O)c1. The Labute approximate surface area is 207 Å². The maximum atomic E-state index is 14.1. The number of rotatable bonds is 3. The molecule has 1 aromatic heterocycles. The molecule has 3 amide bonds. The Morgan fingerprint density at radius 2 is 1.72 bits per heavy atom. The lowest BCUT2D eigenvalue weighted by molar-refractivity contribution is -0.130. The highest BCUT2D eigenvalue weighted by Crippen LogP contribution is 2.54. The Morgan fingerprint density at radius 3 is 2.58 bits per heavy atom. The number of carbonyl (C=O) groups excluding carboxylic acids is 3. The molecular weight excluding hydrogens is 452 g/mol. The largest absolute Gasteiger partial charge is 0.361 e. The number of nitrogens with zero attached hydrogens (tertiary/aromatic N) is 1. The number of imide groups is 1. The zero-order valence-corrected chi connectivity index (χ0v) is 19.6. The summed E-state index contributed by atoms with van der Waals surface area (Å²) in [6.45, 7) is 1.93. The Balaban J connectivity index is 1.38. The number of amides is 3. The molecular formula is C29H24N4O3. The van der Waals surface area contributed by atoms with Gasteiger partial charge in [0.2, 0.25) is 17.7 Å². The second-order valence-electron chi connectivity index (χ2n) is 9.98. The van der Waals surface area contributed by atoms with Gasteiger partial charge in [0.1, 0.15) is 5.54 Å². The molecule has 7 heteroatoms. The minimum atomic E-state index is -1.30. The minimum Gasteiger partial charge on any atom is -0.361 e. The second-order valence-corrected chi connectivity index (χ2v) is 9.98. The van der Waals surface area contributed by atoms with Gasteiger partial charge >= 0.3 is 0 Å². The van der Waals surface area contributed by atoms with E-state index in [-0.39, 0.29) is 17.7 Å². The van der Waals surface area contributed by atoms with Crippen LogP contribution < -0.4 is 15.5 Å². The van der Waals surface area contributed by atoms with E-state index in [1.54, 1.807) is 6.07 Å². The van der Waals surface area contributed by atoms with Crippen LogP contribution in [0.2, 0.25) is 0 Å². The Kier molecular flexibility index (Phi) is 4.32. The number of nitrogens with one attached hydrogen (secondary N) is 3. The van der Waals surface area contributed by atoms with Crippen LogP contribution in [-0.4, -0.2) is 28.7 Å². The lowest BCUT2D eigenvalue weighted by Crippen LogP contribution is -2.53. The lowest BCUT2D eigenvalue weighted by Gasteiger charge is -2.29. The predicted octanol–water partition coefficient (Wildman–Crippen LogP) is 3.64. The first-order valence-corrected chi connectivity index (χ1v) is 12.2. The van der Waals surface area contributed by atoms with E-state index in [9.17, 15) is 14.4 Å². The van der Waals surface area contributed by atoms with Crippen LogP contribution in [0.3, 0.4) is 0 Å². The average molecular weight is 477 g/mol. The van der Waals surface area contributed by atoms with E-state index in [0.29, 0.717) is 17.8 Å². The Morgan fingerprint density at radius 1 is 0.917 bits per heavy atom. The standard InChI is InChI=1S/C29H24N4O3/c1-16-7-6-8-18(13-16)33-26(34)24-23(14-17-15-30-21-11-4-2-9-19(17)21)32-29(25(24)27(33)35)20-10-3-5-12-22(20)31-28(29)36/h2-13,15,23-25,30,32H,14H2,1H3,(H,31,36). The van der Waals surface area contributed by atoms with Crippen LogP contribution in [0.25, 0.3) is 10.9 Å². The summed E-state index contributed by atoms with van der Waals surface area (Å²) in [6, 6.07) is 22.4. The van der Waals surface area contributed by atoms with E-state index in [0.717, 1.165) is 27.6 Å². The number of H-pyrrole nitrogens is 1. The normalized spacial score (nSPS) is 26.6. The average Bonchev–Trinajstić information content (AvgIpc) is 3.58. The van der Waals surface area contributed by atoms with E-state index in [1.807, 2.05) is 79.9 Å². The summed E-state index contributed by atoms with van der Waals surface area (Å²) in [4.78, 5) is 46.3. The first-order valence-electron chi connectivity index (χ1n) is 12.2. The van der Waals surface area contributed by atoms with Gasteiger partial charge in [0, 0.05) is 34.4 Å². The third-order valence-electron chi connectivity index (χ3n) is 8.00. The number of hydrogen-bond acceptors (Lipinski definition) is 4. The van der Waals surface area contributed by atoms with Crippen molar-refractivity contribution < 1.29 is 14.4 Å². The smallest absolute Gasteiger partial charge is 0.250 e. The number of aromatic nitrogens is 1. The monoisotopic (exact) mass is 476 g/mol. The molecule has 7 nitrogen and oxygen atoms in total. The van der Waals surface area contributed by atoms with E-state index in [1.165, 1.54) is 4.90 Å². The molecule has 2 fully saturated rings. The van der Waals surface area contributed by atoms with Crippen molar-refractivity contribution in [2.75, 3.05) is 10.2 Å². The molecule has 178 valence electrons. The number of fused-ring (bicyclic) bond motifs is 5. The van der Waals surface area contributed by atoms with Crippen molar-refractivity contribution >= 4 is 40.0 Å². The topological polar surface area (TPSA) is 94.3 Å². The quantitative estimate of drug-likeness (QED) is 0.394. The molecule has 3 N–H and O–H groups in total. The predicted molar refractivity (Wildman–Crippen MR) is 136 cm³/mol. The molecule has 3 aliphatic rings. The van der Waals surface area contributed by atoms with Crippen LogP contribution in [0.15, 0.2) is 79.0 Å². The van der Waals surface area contributed by atoms with Crippen molar-refractivity contribution in [3.63, 3.8) is 0 Å². The zero-order valence-electron chi connectivity index (χ0n) is 19.6. The number of para-hydroxylation sites is 2. The molecule has 0 saturated carbocycles. The molecule has 36 heavy (non-hydrogen) atoms. The number of hydrogen-bond donors (Lipinski definition) is 3. The molecule has 4 aromatic rings. The van der Waals surface area contributed by atoms with Gasteiger partial charge in [-0.05, 0) is 48.7 Å². The fourth-order valence-corrected chi connectivity index (χ4v) is 6.49. The first-order chi connectivity index (χ1) is 17.5. The number of anilines is 2. The van der Waals surface area contributed by atoms with E-state index >= 15 is 0 Å². The van der Waals surface area contributed by atoms with Crippen molar-refractivity contribution in [2.45, 2.75) is 24.9 Å². The van der Waals surface area contributed by atoms with Gasteiger partial charge in [0.25, 0.3) is 0 Å². The van der Waals surface area contributed by atoms with Crippen molar-refractivity contribution in [3.05, 3.63) is 95.7 Å². The van der Waals surface area contributed by atoms with Gasteiger partial charge in [0.05, 0.1) is 17.5 Å². The van der Waals surface area contributed by atoms with Crippen molar-refractivity contribution in [1.29, 1.82) is 0 Å². The summed E-state index contributed by atoms with van der Waals surface area (Å²) in [6.07, 6.45) is 2.46. The Hall–Kier alpha value is -4.23. The summed E-state index contributed by atoms with van der Waals surface area (Å²) in [5, 5.41) is 7.56. The summed E-state index contributed by atoms with van der Waals surface area (Å²) in [5.74, 6) is -2.40. The van der Waals surface area contributed by atoms with Crippen LogP contribution in [0.5, 0.6) is 0 Å². The van der Waals surface area contributed by atoms with Gasteiger partial charge < -0.3 is 10.3 Å². The maximum absolute atomic E-state index is 14.1. The maximum Gasteiger partial charge on any atom is 0.250 e. The molecule has 0 aliphatic carbocycles. The number of aromatic amines is 1. The highest BCUT2D eigenvalue weighted by atomic mass is 16.2.